The number of carbonyl (C=O) groups is 1. The SMILES string of the molecule is CC(=O)NCCC=Cc1cc(Cl)ccc1C. The molecular formula is C13H16ClNO. The highest BCUT2D eigenvalue weighted by Crippen LogP contribution is 2.16. The van der Waals surface area contributed by atoms with Crippen LogP contribution in [0.25, 0.3) is 6.08 Å². The van der Waals surface area contributed by atoms with Crippen molar-refractivity contribution >= 4 is 23.6 Å². The third-order valence-corrected chi connectivity index (χ3v) is 2.46. The molecule has 0 atom stereocenters. The van der Waals surface area contributed by atoms with E-state index in [1.54, 1.807) is 0 Å². The topological polar surface area (TPSA) is 29.1 Å². The van der Waals surface area contributed by atoms with Gasteiger partial charge in [-0.1, -0.05) is 29.8 Å². The number of benzene rings is 1. The lowest BCUT2D eigenvalue weighted by Gasteiger charge is -2.01. The number of carbonyl (C=O) groups excluding carboxylic acids is 1. The van der Waals surface area contributed by atoms with Gasteiger partial charge in [0.05, 0.1) is 0 Å². The standard InChI is InChI=1S/C13H16ClNO/c1-10-6-7-13(14)9-12(10)5-3-4-8-15-11(2)16/h3,5-7,9H,4,8H2,1-2H3,(H,15,16). The number of nitrogens with one attached hydrogen (secondary N) is 1. The Morgan fingerprint density at radius 2 is 2.25 bits per heavy atom. The van der Waals surface area contributed by atoms with Crippen molar-refractivity contribution in [2.75, 3.05) is 6.54 Å². The Bertz CT molecular complexity index is 399. The number of halogens is 1. The number of amides is 1. The van der Waals surface area contributed by atoms with Gasteiger partial charge < -0.3 is 5.32 Å². The summed E-state index contributed by atoms with van der Waals surface area (Å²) < 4.78 is 0. The molecule has 0 aliphatic heterocycles. The van der Waals surface area contributed by atoms with E-state index in [9.17, 15) is 4.79 Å². The molecule has 1 amide bonds. The second-order valence-electron chi connectivity index (χ2n) is 3.67. The molecule has 0 heterocycles. The zero-order valence-corrected chi connectivity index (χ0v) is 10.3. The average molecular weight is 238 g/mol. The van der Waals surface area contributed by atoms with Gasteiger partial charge in [0.1, 0.15) is 0 Å². The molecule has 0 radical (unpaired) electrons. The highest BCUT2D eigenvalue weighted by molar-refractivity contribution is 6.30. The largest absolute Gasteiger partial charge is 0.356 e. The normalized spacial score (nSPS) is 10.7. The van der Waals surface area contributed by atoms with Crippen molar-refractivity contribution in [3.63, 3.8) is 0 Å². The fourth-order valence-electron chi connectivity index (χ4n) is 1.33. The zero-order chi connectivity index (χ0) is 12.0. The van der Waals surface area contributed by atoms with Gasteiger partial charge in [0.15, 0.2) is 0 Å². The molecule has 2 nitrogen and oxygen atoms in total. The van der Waals surface area contributed by atoms with Crippen molar-refractivity contribution in [3.8, 4) is 0 Å². The summed E-state index contributed by atoms with van der Waals surface area (Å²) in [5, 5.41) is 3.48. The van der Waals surface area contributed by atoms with Crippen molar-refractivity contribution in [2.24, 2.45) is 0 Å². The lowest BCUT2D eigenvalue weighted by Crippen LogP contribution is -2.20. The number of hydrogen-bond acceptors (Lipinski definition) is 1. The van der Waals surface area contributed by atoms with E-state index in [0.717, 1.165) is 17.0 Å². The Kier molecular flexibility index (Phi) is 5.06. The van der Waals surface area contributed by atoms with E-state index in [1.165, 1.54) is 12.5 Å². The summed E-state index contributed by atoms with van der Waals surface area (Å²) in [6.45, 7) is 4.24. The van der Waals surface area contributed by atoms with Crippen LogP contribution in [0, 0.1) is 6.92 Å². The Morgan fingerprint density at radius 3 is 2.94 bits per heavy atom. The molecule has 0 bridgehead atoms. The van der Waals surface area contributed by atoms with Crippen molar-refractivity contribution in [2.45, 2.75) is 20.3 Å². The minimum atomic E-state index is 0.00679. The molecule has 0 aliphatic carbocycles. The van der Waals surface area contributed by atoms with E-state index >= 15 is 0 Å². The number of rotatable bonds is 4. The Labute approximate surface area is 101 Å². The van der Waals surface area contributed by atoms with E-state index in [4.69, 9.17) is 11.6 Å². The van der Waals surface area contributed by atoms with Crippen LogP contribution in [-0.2, 0) is 4.79 Å². The molecule has 1 aromatic carbocycles. The van der Waals surface area contributed by atoms with Crippen LogP contribution in [0.5, 0.6) is 0 Å². The van der Waals surface area contributed by atoms with Crippen LogP contribution in [-0.4, -0.2) is 12.5 Å². The second-order valence-corrected chi connectivity index (χ2v) is 4.11. The van der Waals surface area contributed by atoms with Gasteiger partial charge in [-0.3, -0.25) is 4.79 Å². The van der Waals surface area contributed by atoms with Gasteiger partial charge in [0.25, 0.3) is 0 Å². The highest BCUT2D eigenvalue weighted by atomic mass is 35.5. The first kappa shape index (κ1) is 12.8. The van der Waals surface area contributed by atoms with Gasteiger partial charge >= 0.3 is 0 Å². The van der Waals surface area contributed by atoms with Crippen LogP contribution < -0.4 is 5.32 Å². The summed E-state index contributed by atoms with van der Waals surface area (Å²) in [6, 6.07) is 5.81. The molecule has 3 heteroatoms. The van der Waals surface area contributed by atoms with Crippen molar-refractivity contribution in [1.82, 2.24) is 5.32 Å². The van der Waals surface area contributed by atoms with Crippen molar-refractivity contribution in [3.05, 3.63) is 40.4 Å². The fourth-order valence-corrected chi connectivity index (χ4v) is 1.51. The van der Waals surface area contributed by atoms with Crippen LogP contribution in [0.1, 0.15) is 24.5 Å². The minimum Gasteiger partial charge on any atom is -0.356 e. The molecule has 0 spiro atoms. The van der Waals surface area contributed by atoms with Gasteiger partial charge in [-0.15, -0.1) is 0 Å². The summed E-state index contributed by atoms with van der Waals surface area (Å²) in [5.74, 6) is 0.00679. The van der Waals surface area contributed by atoms with E-state index in [0.29, 0.717) is 6.54 Å². The third kappa shape index (κ3) is 4.49. The molecule has 0 unspecified atom stereocenters. The lowest BCUT2D eigenvalue weighted by molar-refractivity contribution is -0.118. The second kappa shape index (κ2) is 6.33. The average Bonchev–Trinajstić information content (AvgIpc) is 2.22. The number of hydrogen-bond donors (Lipinski definition) is 1. The Balaban J connectivity index is 2.49. The molecular weight excluding hydrogens is 222 g/mol. The molecule has 1 N–H and O–H groups in total. The van der Waals surface area contributed by atoms with E-state index in [2.05, 4.69) is 5.32 Å². The monoisotopic (exact) mass is 237 g/mol. The summed E-state index contributed by atoms with van der Waals surface area (Å²) in [5.41, 5.74) is 2.32. The van der Waals surface area contributed by atoms with Gasteiger partial charge in [-0.2, -0.15) is 0 Å². The third-order valence-electron chi connectivity index (χ3n) is 2.22. The summed E-state index contributed by atoms with van der Waals surface area (Å²) in [7, 11) is 0. The smallest absolute Gasteiger partial charge is 0.216 e. The maximum atomic E-state index is 10.6. The van der Waals surface area contributed by atoms with Crippen LogP contribution in [0.2, 0.25) is 5.02 Å². The van der Waals surface area contributed by atoms with Crippen molar-refractivity contribution in [1.29, 1.82) is 0 Å². The Hall–Kier alpha value is -1.28. The lowest BCUT2D eigenvalue weighted by atomic mass is 10.1. The number of aryl methyl sites for hydroxylation is 1. The molecule has 0 saturated heterocycles. The fraction of sp³-hybridized carbons (Fsp3) is 0.308. The van der Waals surface area contributed by atoms with Gasteiger partial charge in [-0.05, 0) is 36.6 Å². The maximum absolute atomic E-state index is 10.6. The summed E-state index contributed by atoms with van der Waals surface area (Å²) >= 11 is 5.91. The predicted octanol–water partition coefficient (Wildman–Crippen LogP) is 3.19. The van der Waals surface area contributed by atoms with Crippen LogP contribution in [0.15, 0.2) is 24.3 Å². The predicted molar refractivity (Wildman–Crippen MR) is 68.5 cm³/mol. The van der Waals surface area contributed by atoms with Gasteiger partial charge in [0, 0.05) is 18.5 Å². The van der Waals surface area contributed by atoms with E-state index in [1.807, 2.05) is 37.3 Å². The summed E-state index contributed by atoms with van der Waals surface area (Å²) in [4.78, 5) is 10.6. The van der Waals surface area contributed by atoms with Gasteiger partial charge in [-0.25, -0.2) is 0 Å². The van der Waals surface area contributed by atoms with E-state index in [-0.39, 0.29) is 5.91 Å². The molecule has 86 valence electrons. The van der Waals surface area contributed by atoms with Crippen LogP contribution in [0.3, 0.4) is 0 Å². The maximum Gasteiger partial charge on any atom is 0.216 e. The molecule has 16 heavy (non-hydrogen) atoms. The first-order valence-electron chi connectivity index (χ1n) is 5.26. The zero-order valence-electron chi connectivity index (χ0n) is 9.59. The Morgan fingerprint density at radius 1 is 1.50 bits per heavy atom. The quantitative estimate of drug-likeness (QED) is 0.801. The molecule has 1 aromatic rings. The van der Waals surface area contributed by atoms with Crippen LogP contribution in [0.4, 0.5) is 0 Å². The highest BCUT2D eigenvalue weighted by Gasteiger charge is 1.95. The van der Waals surface area contributed by atoms with Crippen LogP contribution >= 0.6 is 11.6 Å². The van der Waals surface area contributed by atoms with E-state index < -0.39 is 0 Å². The van der Waals surface area contributed by atoms with Gasteiger partial charge in [0.2, 0.25) is 5.91 Å². The van der Waals surface area contributed by atoms with Crippen molar-refractivity contribution < 1.29 is 4.79 Å². The molecule has 0 fully saturated rings. The summed E-state index contributed by atoms with van der Waals surface area (Å²) in [6.07, 6.45) is 4.89. The first-order chi connectivity index (χ1) is 7.59. The molecule has 0 aromatic heterocycles. The molecule has 1 rings (SSSR count). The molecule has 0 saturated carbocycles. The molecule has 0 aliphatic rings. The first-order valence-corrected chi connectivity index (χ1v) is 5.64. The minimum absolute atomic E-state index is 0.00679.